The van der Waals surface area contributed by atoms with Crippen LogP contribution < -0.4 is 14.8 Å². The first-order valence-electron chi connectivity index (χ1n) is 12.4. The van der Waals surface area contributed by atoms with E-state index in [9.17, 15) is 18.0 Å². The molecule has 0 aliphatic carbocycles. The SMILES string of the molecule is COc1ccc(CN(C(=O)CN(C)S(C)(=O)=O)C(Cc2ccccc2)C(=O)NCc2ccccc2OC)cc1. The molecule has 0 spiro atoms. The molecule has 0 aliphatic rings. The Kier molecular flexibility index (Phi) is 10.5. The highest BCUT2D eigenvalue weighted by molar-refractivity contribution is 7.88. The Balaban J connectivity index is 1.96. The Morgan fingerprint density at radius 1 is 0.872 bits per heavy atom. The molecule has 0 saturated carbocycles. The summed E-state index contributed by atoms with van der Waals surface area (Å²) in [5, 5.41) is 2.95. The number of nitrogens with one attached hydrogen (secondary N) is 1. The lowest BCUT2D eigenvalue weighted by Gasteiger charge is -2.32. The van der Waals surface area contributed by atoms with Gasteiger partial charge in [-0.05, 0) is 29.3 Å². The number of ether oxygens (including phenoxy) is 2. The molecule has 3 aromatic carbocycles. The molecule has 0 heterocycles. The van der Waals surface area contributed by atoms with Crippen LogP contribution in [0.1, 0.15) is 16.7 Å². The minimum absolute atomic E-state index is 0.0972. The van der Waals surface area contributed by atoms with Crippen LogP contribution in [0.3, 0.4) is 0 Å². The summed E-state index contributed by atoms with van der Waals surface area (Å²) in [6, 6.07) is 23.0. The molecule has 0 bridgehead atoms. The Hall–Kier alpha value is -3.89. The first-order chi connectivity index (χ1) is 18.6. The highest BCUT2D eigenvalue weighted by atomic mass is 32.2. The second kappa shape index (κ2) is 13.8. The number of carbonyl (C=O) groups is 2. The van der Waals surface area contributed by atoms with Crippen LogP contribution in [-0.4, -0.2) is 69.5 Å². The van der Waals surface area contributed by atoms with Gasteiger partial charge in [-0.1, -0.05) is 60.7 Å². The van der Waals surface area contributed by atoms with Crippen LogP contribution in [0.4, 0.5) is 0 Å². The maximum atomic E-state index is 13.7. The standard InChI is InChI=1S/C29H35N3O6S/c1-31(39(4,35)36)21-28(33)32(20-23-14-16-25(37-2)17-15-23)26(18-22-10-6-5-7-11-22)29(34)30-19-24-12-8-9-13-27(24)38-3/h5-17,26H,18-21H2,1-4H3,(H,30,34). The van der Waals surface area contributed by atoms with Gasteiger partial charge in [0.25, 0.3) is 0 Å². The van der Waals surface area contributed by atoms with Gasteiger partial charge in [-0.2, -0.15) is 4.31 Å². The molecule has 3 aromatic rings. The zero-order chi connectivity index (χ0) is 28.4. The lowest BCUT2D eigenvalue weighted by molar-refractivity contribution is -0.141. The maximum absolute atomic E-state index is 13.7. The lowest BCUT2D eigenvalue weighted by atomic mass is 10.0. The minimum Gasteiger partial charge on any atom is -0.497 e. The smallest absolute Gasteiger partial charge is 0.243 e. The summed E-state index contributed by atoms with van der Waals surface area (Å²) < 4.78 is 35.8. The Morgan fingerprint density at radius 2 is 1.51 bits per heavy atom. The summed E-state index contributed by atoms with van der Waals surface area (Å²) in [6.45, 7) is -0.109. The van der Waals surface area contributed by atoms with E-state index in [4.69, 9.17) is 9.47 Å². The molecular formula is C29H35N3O6S. The number of hydrogen-bond acceptors (Lipinski definition) is 6. The summed E-state index contributed by atoms with van der Waals surface area (Å²) in [5.41, 5.74) is 2.41. The fraction of sp³-hybridized carbons (Fsp3) is 0.310. The van der Waals surface area contributed by atoms with E-state index in [2.05, 4.69) is 5.32 Å². The van der Waals surface area contributed by atoms with Crippen LogP contribution in [0.5, 0.6) is 11.5 Å². The minimum atomic E-state index is -3.62. The molecule has 1 unspecified atom stereocenters. The fourth-order valence-corrected chi connectivity index (χ4v) is 4.37. The van der Waals surface area contributed by atoms with Crippen molar-refractivity contribution in [3.63, 3.8) is 0 Å². The number of rotatable bonds is 13. The summed E-state index contributed by atoms with van der Waals surface area (Å²) in [4.78, 5) is 28.8. The Labute approximate surface area is 230 Å². The average molecular weight is 554 g/mol. The Bertz CT molecular complexity index is 1350. The first kappa shape index (κ1) is 29.7. The van der Waals surface area contributed by atoms with Gasteiger partial charge in [0.1, 0.15) is 17.5 Å². The number of hydrogen-bond donors (Lipinski definition) is 1. The van der Waals surface area contributed by atoms with E-state index in [0.717, 1.165) is 27.3 Å². The predicted molar refractivity (Wildman–Crippen MR) is 150 cm³/mol. The third-order valence-corrected chi connectivity index (χ3v) is 7.61. The maximum Gasteiger partial charge on any atom is 0.243 e. The van der Waals surface area contributed by atoms with Crippen molar-refractivity contribution in [2.75, 3.05) is 34.1 Å². The van der Waals surface area contributed by atoms with Crippen LogP contribution in [-0.2, 0) is 39.1 Å². The van der Waals surface area contributed by atoms with E-state index in [1.54, 1.807) is 26.4 Å². The molecule has 39 heavy (non-hydrogen) atoms. The lowest BCUT2D eigenvalue weighted by Crippen LogP contribution is -2.52. The molecule has 208 valence electrons. The van der Waals surface area contributed by atoms with Gasteiger partial charge in [0.2, 0.25) is 21.8 Å². The summed E-state index contributed by atoms with van der Waals surface area (Å²) >= 11 is 0. The number of amides is 2. The molecule has 0 radical (unpaired) electrons. The summed E-state index contributed by atoms with van der Waals surface area (Å²) in [5.74, 6) is 0.433. The molecule has 1 atom stereocenters. The molecular weight excluding hydrogens is 518 g/mol. The van der Waals surface area contributed by atoms with Gasteiger partial charge < -0.3 is 19.7 Å². The average Bonchev–Trinajstić information content (AvgIpc) is 2.94. The van der Waals surface area contributed by atoms with Gasteiger partial charge in [-0.3, -0.25) is 9.59 Å². The van der Waals surface area contributed by atoms with Crippen molar-refractivity contribution >= 4 is 21.8 Å². The number of nitrogens with zero attached hydrogens (tertiary/aromatic N) is 2. The Morgan fingerprint density at radius 3 is 2.13 bits per heavy atom. The van der Waals surface area contributed by atoms with Crippen molar-refractivity contribution in [2.24, 2.45) is 0 Å². The van der Waals surface area contributed by atoms with Crippen molar-refractivity contribution in [1.29, 1.82) is 0 Å². The van der Waals surface area contributed by atoms with Gasteiger partial charge >= 0.3 is 0 Å². The van der Waals surface area contributed by atoms with Gasteiger partial charge in [0.05, 0.1) is 27.0 Å². The number of methoxy groups -OCH3 is 2. The van der Waals surface area contributed by atoms with E-state index < -0.39 is 28.5 Å². The van der Waals surface area contributed by atoms with Gasteiger partial charge in [-0.25, -0.2) is 8.42 Å². The van der Waals surface area contributed by atoms with Crippen LogP contribution in [0, 0.1) is 0 Å². The first-order valence-corrected chi connectivity index (χ1v) is 14.2. The highest BCUT2D eigenvalue weighted by Crippen LogP contribution is 2.20. The quantitative estimate of drug-likeness (QED) is 0.349. The largest absolute Gasteiger partial charge is 0.497 e. The molecule has 0 aromatic heterocycles. The molecule has 0 saturated heterocycles. The summed E-state index contributed by atoms with van der Waals surface area (Å²) in [7, 11) is 0.848. The van der Waals surface area contributed by atoms with Crippen molar-refractivity contribution in [2.45, 2.75) is 25.6 Å². The number of para-hydroxylation sites is 1. The normalized spacial score (nSPS) is 12.0. The van der Waals surface area contributed by atoms with Gasteiger partial charge in [0, 0.05) is 32.1 Å². The third kappa shape index (κ3) is 8.56. The number of sulfonamides is 1. The van der Waals surface area contributed by atoms with Crippen molar-refractivity contribution in [3.8, 4) is 11.5 Å². The predicted octanol–water partition coefficient (Wildman–Crippen LogP) is 2.85. The van der Waals surface area contributed by atoms with Crippen LogP contribution in [0.2, 0.25) is 0 Å². The number of carbonyl (C=O) groups excluding carboxylic acids is 2. The second-order valence-electron chi connectivity index (χ2n) is 9.12. The van der Waals surface area contributed by atoms with E-state index in [-0.39, 0.29) is 25.4 Å². The molecule has 9 nitrogen and oxygen atoms in total. The summed E-state index contributed by atoms with van der Waals surface area (Å²) in [6.07, 6.45) is 1.28. The number of likely N-dealkylation sites (N-methyl/N-ethyl adjacent to an activating group) is 1. The molecule has 0 fully saturated rings. The topological polar surface area (TPSA) is 105 Å². The van der Waals surface area contributed by atoms with E-state index >= 15 is 0 Å². The van der Waals surface area contributed by atoms with Crippen LogP contribution in [0.15, 0.2) is 78.9 Å². The third-order valence-electron chi connectivity index (χ3n) is 6.35. The zero-order valence-corrected chi connectivity index (χ0v) is 23.5. The van der Waals surface area contributed by atoms with Crippen molar-refractivity contribution in [3.05, 3.63) is 95.6 Å². The van der Waals surface area contributed by atoms with Crippen molar-refractivity contribution < 1.29 is 27.5 Å². The second-order valence-corrected chi connectivity index (χ2v) is 11.2. The van der Waals surface area contributed by atoms with E-state index in [0.29, 0.717) is 11.5 Å². The molecule has 3 rings (SSSR count). The molecule has 1 N–H and O–H groups in total. The highest BCUT2D eigenvalue weighted by Gasteiger charge is 2.32. The van der Waals surface area contributed by atoms with Crippen LogP contribution >= 0.6 is 0 Å². The van der Waals surface area contributed by atoms with Crippen LogP contribution in [0.25, 0.3) is 0 Å². The van der Waals surface area contributed by atoms with Gasteiger partial charge in [0.15, 0.2) is 0 Å². The number of benzene rings is 3. The zero-order valence-electron chi connectivity index (χ0n) is 22.7. The van der Waals surface area contributed by atoms with Crippen molar-refractivity contribution in [1.82, 2.24) is 14.5 Å². The van der Waals surface area contributed by atoms with E-state index in [1.165, 1.54) is 11.9 Å². The fourth-order valence-electron chi connectivity index (χ4n) is 4.03. The van der Waals surface area contributed by atoms with E-state index in [1.807, 2.05) is 66.7 Å². The molecule has 0 aliphatic heterocycles. The molecule has 2 amide bonds. The monoisotopic (exact) mass is 553 g/mol. The van der Waals surface area contributed by atoms with Gasteiger partial charge in [-0.15, -0.1) is 0 Å². The molecule has 10 heteroatoms.